The minimum absolute atomic E-state index is 0.286. The Morgan fingerprint density at radius 2 is 1.41 bits per heavy atom. The first-order valence-electron chi connectivity index (χ1n) is 8.13. The van der Waals surface area contributed by atoms with Crippen molar-refractivity contribution < 1.29 is 9.53 Å². The van der Waals surface area contributed by atoms with E-state index in [0.717, 1.165) is 5.56 Å². The van der Waals surface area contributed by atoms with Gasteiger partial charge in [-0.15, -0.1) is 0 Å². The number of methoxy groups -OCH3 is 1. The van der Waals surface area contributed by atoms with E-state index in [0.29, 0.717) is 22.2 Å². The Morgan fingerprint density at radius 3 is 1.77 bits per heavy atom. The van der Waals surface area contributed by atoms with Gasteiger partial charge in [-0.3, -0.25) is 0 Å². The van der Waals surface area contributed by atoms with Crippen LogP contribution in [0.5, 0.6) is 0 Å². The van der Waals surface area contributed by atoms with Crippen molar-refractivity contribution in [3.05, 3.63) is 41.1 Å². The molecular formula is C19H30O2Si. The summed E-state index contributed by atoms with van der Waals surface area (Å²) in [5, 5.41) is 0. The summed E-state index contributed by atoms with van der Waals surface area (Å²) >= 11 is 0. The lowest BCUT2D eigenvalue weighted by Crippen LogP contribution is -2.42. The van der Waals surface area contributed by atoms with E-state index in [9.17, 15) is 4.79 Å². The molecule has 0 aromatic heterocycles. The molecule has 0 amide bonds. The molecule has 0 aliphatic rings. The molecule has 0 spiro atoms. The SMILES string of the molecule is COC(=O)c1ccc(/C=C/[Si](C(C)C)(C(C)C)C(C)C)cc1. The van der Waals surface area contributed by atoms with E-state index in [1.165, 1.54) is 7.11 Å². The van der Waals surface area contributed by atoms with Crippen LogP contribution < -0.4 is 0 Å². The van der Waals surface area contributed by atoms with Crippen LogP contribution in [0.25, 0.3) is 6.08 Å². The van der Waals surface area contributed by atoms with Crippen molar-refractivity contribution in [2.75, 3.05) is 7.11 Å². The average molecular weight is 319 g/mol. The molecule has 0 saturated carbocycles. The Morgan fingerprint density at radius 1 is 0.955 bits per heavy atom. The minimum atomic E-state index is -1.52. The first-order valence-corrected chi connectivity index (χ1v) is 10.4. The van der Waals surface area contributed by atoms with E-state index in [-0.39, 0.29) is 5.97 Å². The number of hydrogen-bond acceptors (Lipinski definition) is 2. The molecule has 0 bridgehead atoms. The molecule has 122 valence electrons. The molecule has 0 N–H and O–H groups in total. The number of carbonyl (C=O) groups is 1. The van der Waals surface area contributed by atoms with Crippen molar-refractivity contribution in [3.8, 4) is 0 Å². The molecule has 0 heterocycles. The van der Waals surface area contributed by atoms with Crippen molar-refractivity contribution in [1.29, 1.82) is 0 Å². The lowest BCUT2D eigenvalue weighted by molar-refractivity contribution is 0.0600. The van der Waals surface area contributed by atoms with E-state index >= 15 is 0 Å². The third kappa shape index (κ3) is 3.89. The Labute approximate surface area is 136 Å². The fourth-order valence-electron chi connectivity index (χ4n) is 3.67. The first kappa shape index (κ1) is 18.7. The van der Waals surface area contributed by atoms with Crippen LogP contribution in [-0.4, -0.2) is 21.2 Å². The lowest BCUT2D eigenvalue weighted by Gasteiger charge is -2.40. The molecular weight excluding hydrogens is 288 g/mol. The third-order valence-corrected chi connectivity index (χ3v) is 11.6. The monoisotopic (exact) mass is 318 g/mol. The van der Waals surface area contributed by atoms with Gasteiger partial charge in [0.25, 0.3) is 0 Å². The zero-order chi connectivity index (χ0) is 16.9. The van der Waals surface area contributed by atoms with E-state index < -0.39 is 8.07 Å². The van der Waals surface area contributed by atoms with Crippen molar-refractivity contribution in [1.82, 2.24) is 0 Å². The summed E-state index contributed by atoms with van der Waals surface area (Å²) in [7, 11) is -0.118. The Hall–Kier alpha value is -1.35. The summed E-state index contributed by atoms with van der Waals surface area (Å²) < 4.78 is 4.73. The lowest BCUT2D eigenvalue weighted by atomic mass is 10.1. The number of carbonyl (C=O) groups excluding carboxylic acids is 1. The second-order valence-electron chi connectivity index (χ2n) is 6.91. The summed E-state index contributed by atoms with van der Waals surface area (Å²) in [6, 6.07) is 7.63. The molecule has 0 saturated heterocycles. The molecule has 2 nitrogen and oxygen atoms in total. The fourth-order valence-corrected chi connectivity index (χ4v) is 9.30. The maximum atomic E-state index is 11.5. The standard InChI is InChI=1S/C19H30O2Si/c1-14(2)22(15(3)4,16(5)6)13-12-17-8-10-18(11-9-17)19(20)21-7/h8-16H,1-7H3/b13-12+. The summed E-state index contributed by atoms with van der Waals surface area (Å²) in [6.07, 6.45) is 2.24. The van der Waals surface area contributed by atoms with Crippen molar-refractivity contribution in [3.63, 3.8) is 0 Å². The molecule has 22 heavy (non-hydrogen) atoms. The molecule has 3 heteroatoms. The van der Waals surface area contributed by atoms with Gasteiger partial charge in [0.2, 0.25) is 0 Å². The van der Waals surface area contributed by atoms with Crippen LogP contribution in [0.1, 0.15) is 57.5 Å². The third-order valence-electron chi connectivity index (χ3n) is 4.90. The van der Waals surface area contributed by atoms with Crippen molar-refractivity contribution in [2.45, 2.75) is 58.2 Å². The number of rotatable bonds is 6. The number of ether oxygens (including phenoxy) is 1. The van der Waals surface area contributed by atoms with Crippen LogP contribution in [0.2, 0.25) is 16.6 Å². The predicted molar refractivity (Wildman–Crippen MR) is 97.9 cm³/mol. The molecule has 1 aromatic rings. The van der Waals surface area contributed by atoms with E-state index in [4.69, 9.17) is 4.74 Å². The highest BCUT2D eigenvalue weighted by Crippen LogP contribution is 2.42. The zero-order valence-electron chi connectivity index (χ0n) is 15.0. The topological polar surface area (TPSA) is 26.3 Å². The van der Waals surface area contributed by atoms with Gasteiger partial charge in [-0.1, -0.05) is 65.5 Å². The van der Waals surface area contributed by atoms with Gasteiger partial charge in [0.05, 0.1) is 20.7 Å². The van der Waals surface area contributed by atoms with E-state index in [1.54, 1.807) is 0 Å². The highest BCUT2D eigenvalue weighted by Gasteiger charge is 2.40. The van der Waals surface area contributed by atoms with Crippen LogP contribution in [0.15, 0.2) is 30.0 Å². The van der Waals surface area contributed by atoms with Gasteiger partial charge < -0.3 is 4.74 Å². The Balaban J connectivity index is 3.08. The molecule has 0 fully saturated rings. The van der Waals surface area contributed by atoms with Gasteiger partial charge in [0.1, 0.15) is 0 Å². The second-order valence-corrected chi connectivity index (χ2v) is 12.7. The second kappa shape index (κ2) is 7.77. The summed E-state index contributed by atoms with van der Waals surface area (Å²) in [5.41, 5.74) is 6.36. The van der Waals surface area contributed by atoms with Gasteiger partial charge in [0, 0.05) is 0 Å². The van der Waals surface area contributed by atoms with Crippen LogP contribution in [0.4, 0.5) is 0 Å². The summed E-state index contributed by atoms with van der Waals surface area (Å²) in [4.78, 5) is 11.5. The van der Waals surface area contributed by atoms with E-state index in [1.807, 2.05) is 24.3 Å². The Kier molecular flexibility index (Phi) is 6.60. The maximum absolute atomic E-state index is 11.5. The van der Waals surface area contributed by atoms with Gasteiger partial charge in [-0.2, -0.15) is 0 Å². The normalized spacial score (nSPS) is 12.6. The number of hydrogen-bond donors (Lipinski definition) is 0. The van der Waals surface area contributed by atoms with Crippen LogP contribution in [-0.2, 0) is 4.74 Å². The maximum Gasteiger partial charge on any atom is 0.337 e. The molecule has 0 radical (unpaired) electrons. The highest BCUT2D eigenvalue weighted by atomic mass is 28.3. The van der Waals surface area contributed by atoms with Gasteiger partial charge >= 0.3 is 5.97 Å². The van der Waals surface area contributed by atoms with Gasteiger partial charge in [-0.05, 0) is 34.3 Å². The van der Waals surface area contributed by atoms with Gasteiger partial charge in [-0.25, -0.2) is 4.79 Å². The molecule has 1 aromatic carbocycles. The Bertz CT molecular complexity index is 491. The molecule has 0 aliphatic carbocycles. The van der Waals surface area contributed by atoms with Crippen LogP contribution in [0, 0.1) is 0 Å². The van der Waals surface area contributed by atoms with Crippen LogP contribution >= 0.6 is 0 Å². The van der Waals surface area contributed by atoms with Crippen molar-refractivity contribution in [2.24, 2.45) is 0 Å². The number of esters is 1. The number of benzene rings is 1. The highest BCUT2D eigenvalue weighted by molar-refractivity contribution is 6.88. The summed E-state index contributed by atoms with van der Waals surface area (Å²) in [6.45, 7) is 14.1. The summed E-state index contributed by atoms with van der Waals surface area (Å²) in [5.74, 6) is -0.286. The van der Waals surface area contributed by atoms with Crippen molar-refractivity contribution >= 4 is 20.1 Å². The largest absolute Gasteiger partial charge is 0.465 e. The predicted octanol–water partition coefficient (Wildman–Crippen LogP) is 5.70. The molecule has 0 unspecified atom stereocenters. The minimum Gasteiger partial charge on any atom is -0.465 e. The quantitative estimate of drug-likeness (QED) is 0.496. The molecule has 1 rings (SSSR count). The van der Waals surface area contributed by atoms with Gasteiger partial charge in [0.15, 0.2) is 0 Å². The van der Waals surface area contributed by atoms with E-state index in [2.05, 4.69) is 53.3 Å². The smallest absolute Gasteiger partial charge is 0.337 e. The first-order chi connectivity index (χ1) is 10.3. The zero-order valence-corrected chi connectivity index (χ0v) is 16.0. The fraction of sp³-hybridized carbons (Fsp3) is 0.526. The van der Waals surface area contributed by atoms with Crippen LogP contribution in [0.3, 0.4) is 0 Å². The molecule has 0 aliphatic heterocycles. The average Bonchev–Trinajstić information content (AvgIpc) is 2.46. The molecule has 0 atom stereocenters.